The van der Waals surface area contributed by atoms with Crippen LogP contribution < -0.4 is 10.1 Å². The first kappa shape index (κ1) is 22.8. The SMILES string of the molecule is CN1CCc2[nH]nc(C(=O)N3C[C@@H]4NC(=O)Cc5cccc(c5)Oc5cccc(c5)CO[C@H]4C3)c2C1. The number of fused-ring (bicyclic) bond motifs is 6. The van der Waals surface area contributed by atoms with Gasteiger partial charge in [-0.25, -0.2) is 0 Å². The smallest absolute Gasteiger partial charge is 0.274 e. The second kappa shape index (κ2) is 9.40. The highest BCUT2D eigenvalue weighted by Crippen LogP contribution is 2.26. The Kier molecular flexibility index (Phi) is 5.94. The van der Waals surface area contributed by atoms with Gasteiger partial charge in [-0.15, -0.1) is 0 Å². The third-order valence-corrected chi connectivity index (χ3v) is 7.09. The van der Waals surface area contributed by atoms with Crippen LogP contribution in [0, 0.1) is 0 Å². The van der Waals surface area contributed by atoms with Crippen molar-refractivity contribution in [2.24, 2.45) is 0 Å². The van der Waals surface area contributed by atoms with Crippen molar-refractivity contribution in [3.05, 3.63) is 76.6 Å². The van der Waals surface area contributed by atoms with Gasteiger partial charge in [0.25, 0.3) is 5.91 Å². The monoisotopic (exact) mass is 487 g/mol. The standard InChI is InChI=1S/C27H29N5O4/c1-31-9-8-22-21(13-31)26(30-29-22)27(34)32-14-23-24(15-32)35-16-18-5-3-7-20(11-18)36-19-6-2-4-17(10-19)12-25(33)28-23/h2-7,10-11,23-24H,8-9,12-16H2,1H3,(H,28,33)(H,29,30)/t23-,24-/m0/s1. The van der Waals surface area contributed by atoms with Crippen LogP contribution in [0.1, 0.15) is 32.9 Å². The quantitative estimate of drug-likeness (QED) is 0.546. The topological polar surface area (TPSA) is 99.8 Å². The second-order valence-electron chi connectivity index (χ2n) is 9.82. The van der Waals surface area contributed by atoms with Gasteiger partial charge < -0.3 is 24.6 Å². The van der Waals surface area contributed by atoms with Gasteiger partial charge in [0.1, 0.15) is 11.5 Å². The number of amides is 2. The van der Waals surface area contributed by atoms with Crippen LogP contribution in [-0.2, 0) is 35.5 Å². The summed E-state index contributed by atoms with van der Waals surface area (Å²) in [5.41, 5.74) is 4.28. The molecule has 0 saturated carbocycles. The number of aromatic amines is 1. The van der Waals surface area contributed by atoms with Crippen LogP contribution in [0.4, 0.5) is 0 Å². The molecule has 6 rings (SSSR count). The number of ether oxygens (including phenoxy) is 2. The Morgan fingerprint density at radius 2 is 1.86 bits per heavy atom. The highest BCUT2D eigenvalue weighted by atomic mass is 16.5. The molecule has 1 aromatic heterocycles. The van der Waals surface area contributed by atoms with Gasteiger partial charge in [0, 0.05) is 43.9 Å². The summed E-state index contributed by atoms with van der Waals surface area (Å²) < 4.78 is 12.3. The van der Waals surface area contributed by atoms with E-state index in [9.17, 15) is 9.59 Å². The Morgan fingerprint density at radius 3 is 2.69 bits per heavy atom. The predicted octanol–water partition coefficient (Wildman–Crippen LogP) is 2.27. The lowest BCUT2D eigenvalue weighted by atomic mass is 10.1. The Morgan fingerprint density at radius 1 is 1.08 bits per heavy atom. The van der Waals surface area contributed by atoms with Crippen molar-refractivity contribution in [1.82, 2.24) is 25.3 Å². The molecule has 3 aliphatic rings. The molecule has 0 spiro atoms. The van der Waals surface area contributed by atoms with Crippen LogP contribution in [-0.4, -0.2) is 70.6 Å². The van der Waals surface area contributed by atoms with Crippen molar-refractivity contribution in [3.63, 3.8) is 0 Å². The van der Waals surface area contributed by atoms with Gasteiger partial charge in [-0.05, 0) is 42.4 Å². The maximum atomic E-state index is 13.5. The number of likely N-dealkylation sites (N-methyl/N-ethyl adjacent to an activating group) is 1. The van der Waals surface area contributed by atoms with Crippen molar-refractivity contribution in [2.45, 2.75) is 38.1 Å². The fraction of sp³-hybridized carbons (Fsp3) is 0.370. The molecule has 2 atom stereocenters. The number of rotatable bonds is 1. The first-order valence-electron chi connectivity index (χ1n) is 12.3. The molecule has 2 amide bonds. The van der Waals surface area contributed by atoms with Crippen molar-refractivity contribution >= 4 is 11.8 Å². The van der Waals surface area contributed by atoms with E-state index in [2.05, 4.69) is 20.4 Å². The molecular weight excluding hydrogens is 458 g/mol. The molecule has 9 heteroatoms. The van der Waals surface area contributed by atoms with Gasteiger partial charge in [0.05, 0.1) is 25.2 Å². The fourth-order valence-electron chi connectivity index (χ4n) is 5.20. The largest absolute Gasteiger partial charge is 0.457 e. The summed E-state index contributed by atoms with van der Waals surface area (Å²) in [6, 6.07) is 15.0. The van der Waals surface area contributed by atoms with Gasteiger partial charge >= 0.3 is 0 Å². The summed E-state index contributed by atoms with van der Waals surface area (Å²) in [6.45, 7) is 2.73. The molecule has 1 saturated heterocycles. The molecule has 2 N–H and O–H groups in total. The number of nitrogens with one attached hydrogen (secondary N) is 2. The zero-order valence-electron chi connectivity index (χ0n) is 20.2. The van der Waals surface area contributed by atoms with E-state index in [0.717, 1.165) is 35.3 Å². The molecule has 4 heterocycles. The lowest BCUT2D eigenvalue weighted by Gasteiger charge is -2.23. The number of carbonyl (C=O) groups is 2. The van der Waals surface area contributed by atoms with Crippen LogP contribution in [0.2, 0.25) is 0 Å². The van der Waals surface area contributed by atoms with Crippen LogP contribution in [0.5, 0.6) is 11.5 Å². The summed E-state index contributed by atoms with van der Waals surface area (Å²) in [4.78, 5) is 30.4. The van der Waals surface area contributed by atoms with Gasteiger partial charge in [-0.2, -0.15) is 5.10 Å². The van der Waals surface area contributed by atoms with E-state index in [1.165, 1.54) is 0 Å². The minimum atomic E-state index is -0.339. The van der Waals surface area contributed by atoms with Crippen molar-refractivity contribution < 1.29 is 19.1 Å². The molecule has 2 aromatic carbocycles. The number of hydrogen-bond donors (Lipinski definition) is 2. The zero-order valence-corrected chi connectivity index (χ0v) is 20.2. The summed E-state index contributed by atoms with van der Waals surface area (Å²) in [6.07, 6.45) is 0.725. The molecule has 186 valence electrons. The second-order valence-corrected chi connectivity index (χ2v) is 9.82. The van der Waals surface area contributed by atoms with E-state index in [0.29, 0.717) is 43.4 Å². The normalized spacial score (nSPS) is 22.1. The Hall–Kier alpha value is -3.69. The molecule has 4 bridgehead atoms. The van der Waals surface area contributed by atoms with Crippen LogP contribution in [0.3, 0.4) is 0 Å². The minimum absolute atomic E-state index is 0.116. The summed E-state index contributed by atoms with van der Waals surface area (Å²) >= 11 is 0. The number of benzene rings is 2. The first-order valence-corrected chi connectivity index (χ1v) is 12.3. The molecule has 0 radical (unpaired) electrons. The Labute approximate surface area is 209 Å². The zero-order chi connectivity index (χ0) is 24.6. The molecule has 0 unspecified atom stereocenters. The van der Waals surface area contributed by atoms with Crippen molar-refractivity contribution in [1.29, 1.82) is 0 Å². The molecule has 9 nitrogen and oxygen atoms in total. The van der Waals surface area contributed by atoms with Crippen LogP contribution in [0.25, 0.3) is 0 Å². The third kappa shape index (κ3) is 4.59. The summed E-state index contributed by atoms with van der Waals surface area (Å²) in [7, 11) is 2.04. The summed E-state index contributed by atoms with van der Waals surface area (Å²) in [5, 5.41) is 10.5. The highest BCUT2D eigenvalue weighted by Gasteiger charge is 2.39. The lowest BCUT2D eigenvalue weighted by molar-refractivity contribution is -0.122. The molecule has 0 aliphatic carbocycles. The fourth-order valence-corrected chi connectivity index (χ4v) is 5.20. The third-order valence-electron chi connectivity index (χ3n) is 7.09. The molecule has 3 aliphatic heterocycles. The average molecular weight is 488 g/mol. The minimum Gasteiger partial charge on any atom is -0.457 e. The Bertz CT molecular complexity index is 1300. The number of likely N-dealkylation sites (tertiary alicyclic amines) is 1. The van der Waals surface area contributed by atoms with Crippen molar-refractivity contribution in [2.75, 3.05) is 26.7 Å². The van der Waals surface area contributed by atoms with E-state index in [4.69, 9.17) is 9.47 Å². The summed E-state index contributed by atoms with van der Waals surface area (Å²) in [5.74, 6) is 1.14. The lowest BCUT2D eigenvalue weighted by Crippen LogP contribution is -2.44. The van der Waals surface area contributed by atoms with Gasteiger partial charge in [-0.3, -0.25) is 14.7 Å². The number of H-pyrrole nitrogens is 1. The Balaban J connectivity index is 1.26. The number of hydrogen-bond acceptors (Lipinski definition) is 6. The van der Waals surface area contributed by atoms with Gasteiger partial charge in [0.15, 0.2) is 5.69 Å². The van der Waals surface area contributed by atoms with Crippen LogP contribution >= 0.6 is 0 Å². The first-order chi connectivity index (χ1) is 17.5. The average Bonchev–Trinajstić information content (AvgIpc) is 3.46. The van der Waals surface area contributed by atoms with Gasteiger partial charge in [-0.1, -0.05) is 24.3 Å². The van der Waals surface area contributed by atoms with E-state index < -0.39 is 0 Å². The molecule has 3 aromatic rings. The van der Waals surface area contributed by atoms with Crippen LogP contribution in [0.15, 0.2) is 48.5 Å². The van der Waals surface area contributed by atoms with E-state index in [-0.39, 0.29) is 30.4 Å². The van der Waals surface area contributed by atoms with Gasteiger partial charge in [0.2, 0.25) is 5.91 Å². The molecule has 1 fully saturated rings. The maximum absolute atomic E-state index is 13.5. The van der Waals surface area contributed by atoms with Crippen molar-refractivity contribution in [3.8, 4) is 11.5 Å². The van der Waals surface area contributed by atoms with E-state index in [1.807, 2.05) is 55.6 Å². The number of aromatic nitrogens is 2. The van der Waals surface area contributed by atoms with E-state index in [1.54, 1.807) is 4.90 Å². The maximum Gasteiger partial charge on any atom is 0.274 e. The van der Waals surface area contributed by atoms with E-state index >= 15 is 0 Å². The molecular formula is C27H29N5O4. The number of carbonyl (C=O) groups excluding carboxylic acids is 2. The number of nitrogens with zero attached hydrogens (tertiary/aromatic N) is 3. The highest BCUT2D eigenvalue weighted by molar-refractivity contribution is 5.94. The predicted molar refractivity (Wildman–Crippen MR) is 132 cm³/mol. The molecule has 36 heavy (non-hydrogen) atoms.